The number of nitrogens with zero attached hydrogens (tertiary/aromatic N) is 6. The molecule has 0 aliphatic heterocycles. The number of rotatable bonds is 7. The van der Waals surface area contributed by atoms with Crippen molar-refractivity contribution in [2.24, 2.45) is 0 Å². The molecule has 0 saturated carbocycles. The minimum absolute atomic E-state index is 0.149. The second-order valence-corrected chi connectivity index (χ2v) is 9.18. The molecule has 0 aliphatic rings. The summed E-state index contributed by atoms with van der Waals surface area (Å²) >= 11 is 4.26. The van der Waals surface area contributed by atoms with E-state index in [9.17, 15) is 4.79 Å². The fraction of sp³-hybridized carbons (Fsp3) is 0.211. The van der Waals surface area contributed by atoms with Crippen LogP contribution in [0.1, 0.15) is 17.6 Å². The van der Waals surface area contributed by atoms with Crippen LogP contribution in [0.4, 0.5) is 5.13 Å². The van der Waals surface area contributed by atoms with Crippen LogP contribution in [0.2, 0.25) is 0 Å². The summed E-state index contributed by atoms with van der Waals surface area (Å²) in [5, 5.41) is 22.3. The van der Waals surface area contributed by atoms with E-state index < -0.39 is 0 Å². The molecule has 0 aromatic carbocycles. The highest BCUT2D eigenvalue weighted by molar-refractivity contribution is 7.99. The van der Waals surface area contributed by atoms with Crippen molar-refractivity contribution in [3.05, 3.63) is 47.4 Å². The van der Waals surface area contributed by atoms with Gasteiger partial charge >= 0.3 is 0 Å². The number of pyridine rings is 1. The first-order valence-electron chi connectivity index (χ1n) is 9.09. The van der Waals surface area contributed by atoms with Gasteiger partial charge in [-0.15, -0.1) is 31.7 Å². The number of thiazole rings is 1. The summed E-state index contributed by atoms with van der Waals surface area (Å²) in [6.07, 6.45) is 4.33. The molecule has 0 atom stereocenters. The molecule has 0 spiro atoms. The SMILES string of the molecule is CCc1nnc(NC(=O)CSc2ccc(-c3sc(-c4cccnc4)nc3C)nn2)s1. The van der Waals surface area contributed by atoms with Crippen LogP contribution < -0.4 is 5.32 Å². The Labute approximate surface area is 185 Å². The van der Waals surface area contributed by atoms with Crippen LogP contribution in [-0.4, -0.2) is 42.0 Å². The second kappa shape index (κ2) is 9.37. The average molecular weight is 456 g/mol. The van der Waals surface area contributed by atoms with Gasteiger partial charge in [0.15, 0.2) is 0 Å². The molecule has 4 heterocycles. The number of nitrogens with one attached hydrogen (secondary N) is 1. The Morgan fingerprint density at radius 1 is 1.13 bits per heavy atom. The van der Waals surface area contributed by atoms with Gasteiger partial charge in [-0.25, -0.2) is 4.98 Å². The highest BCUT2D eigenvalue weighted by atomic mass is 32.2. The van der Waals surface area contributed by atoms with Gasteiger partial charge in [0.2, 0.25) is 11.0 Å². The standard InChI is InChI=1S/C19H17N7OS3/c1-3-15-24-26-19(29-15)22-14(27)10-28-16-7-6-13(23-25-16)17-11(2)21-18(30-17)12-5-4-8-20-9-12/h4-9H,3,10H2,1-2H3,(H,22,26,27). The largest absolute Gasteiger partial charge is 0.300 e. The molecule has 0 saturated heterocycles. The van der Waals surface area contributed by atoms with Crippen molar-refractivity contribution in [2.45, 2.75) is 25.3 Å². The van der Waals surface area contributed by atoms with E-state index in [4.69, 9.17) is 0 Å². The Morgan fingerprint density at radius 2 is 2.03 bits per heavy atom. The summed E-state index contributed by atoms with van der Waals surface area (Å²) in [5.41, 5.74) is 2.64. The van der Waals surface area contributed by atoms with E-state index in [0.717, 1.165) is 38.3 Å². The van der Waals surface area contributed by atoms with Gasteiger partial charge in [0.05, 0.1) is 16.3 Å². The number of anilines is 1. The summed E-state index contributed by atoms with van der Waals surface area (Å²) in [6.45, 7) is 3.95. The predicted octanol–water partition coefficient (Wildman–Crippen LogP) is 4.12. The number of amides is 1. The first-order valence-corrected chi connectivity index (χ1v) is 11.7. The molecule has 4 rings (SSSR count). The molecule has 1 N–H and O–H groups in total. The third-order valence-corrected chi connectivity index (χ3v) is 7.08. The lowest BCUT2D eigenvalue weighted by molar-refractivity contribution is -0.113. The minimum atomic E-state index is -0.149. The van der Waals surface area contributed by atoms with Gasteiger partial charge in [-0.1, -0.05) is 30.0 Å². The molecule has 0 fully saturated rings. The Morgan fingerprint density at radius 3 is 2.73 bits per heavy atom. The Balaban J connectivity index is 1.38. The van der Waals surface area contributed by atoms with Gasteiger partial charge in [0.25, 0.3) is 0 Å². The van der Waals surface area contributed by atoms with Gasteiger partial charge in [-0.3, -0.25) is 15.1 Å². The molecule has 30 heavy (non-hydrogen) atoms. The number of aromatic nitrogens is 6. The summed E-state index contributed by atoms with van der Waals surface area (Å²) in [5.74, 6) is 0.0730. The van der Waals surface area contributed by atoms with Crippen LogP contribution in [0.5, 0.6) is 0 Å². The normalized spacial score (nSPS) is 10.9. The van der Waals surface area contributed by atoms with Crippen LogP contribution in [0.3, 0.4) is 0 Å². The Hall–Kier alpha value is -2.76. The van der Waals surface area contributed by atoms with Crippen molar-refractivity contribution in [1.82, 2.24) is 30.4 Å². The third-order valence-electron chi connectivity index (χ3n) is 3.94. The van der Waals surface area contributed by atoms with Crippen LogP contribution in [0, 0.1) is 6.92 Å². The van der Waals surface area contributed by atoms with Crippen molar-refractivity contribution < 1.29 is 4.79 Å². The molecule has 0 radical (unpaired) electrons. The highest BCUT2D eigenvalue weighted by Gasteiger charge is 2.14. The van der Waals surface area contributed by atoms with E-state index in [1.165, 1.54) is 23.1 Å². The van der Waals surface area contributed by atoms with Crippen LogP contribution >= 0.6 is 34.4 Å². The van der Waals surface area contributed by atoms with E-state index in [1.54, 1.807) is 23.7 Å². The van der Waals surface area contributed by atoms with Crippen LogP contribution in [-0.2, 0) is 11.2 Å². The first kappa shape index (κ1) is 20.5. The van der Waals surface area contributed by atoms with Gasteiger partial charge in [-0.2, -0.15) is 0 Å². The van der Waals surface area contributed by atoms with Gasteiger partial charge in [0, 0.05) is 18.0 Å². The lowest BCUT2D eigenvalue weighted by Gasteiger charge is -2.02. The van der Waals surface area contributed by atoms with Gasteiger partial charge in [0.1, 0.15) is 20.7 Å². The fourth-order valence-corrected chi connectivity index (χ4v) is 4.84. The van der Waals surface area contributed by atoms with Crippen molar-refractivity contribution >= 4 is 45.5 Å². The van der Waals surface area contributed by atoms with Gasteiger partial charge in [-0.05, 0) is 37.6 Å². The summed E-state index contributed by atoms with van der Waals surface area (Å²) in [6, 6.07) is 7.64. The van der Waals surface area contributed by atoms with E-state index in [2.05, 4.69) is 35.7 Å². The van der Waals surface area contributed by atoms with Crippen LogP contribution in [0.25, 0.3) is 21.1 Å². The smallest absolute Gasteiger partial charge is 0.236 e. The van der Waals surface area contributed by atoms with E-state index in [-0.39, 0.29) is 11.7 Å². The fourth-order valence-electron chi connectivity index (χ4n) is 2.51. The molecule has 1 amide bonds. The molecule has 4 aromatic rings. The van der Waals surface area contributed by atoms with Crippen molar-refractivity contribution in [2.75, 3.05) is 11.1 Å². The van der Waals surface area contributed by atoms with Crippen molar-refractivity contribution in [1.29, 1.82) is 0 Å². The maximum Gasteiger partial charge on any atom is 0.236 e. The highest BCUT2D eigenvalue weighted by Crippen LogP contribution is 2.34. The third kappa shape index (κ3) is 4.86. The molecular weight excluding hydrogens is 438 g/mol. The average Bonchev–Trinajstić information content (AvgIpc) is 3.39. The minimum Gasteiger partial charge on any atom is -0.300 e. The Kier molecular flexibility index (Phi) is 6.41. The second-order valence-electron chi connectivity index (χ2n) is 6.12. The predicted molar refractivity (Wildman–Crippen MR) is 120 cm³/mol. The number of carbonyl (C=O) groups is 1. The molecule has 0 bridgehead atoms. The number of hydrogen-bond donors (Lipinski definition) is 1. The summed E-state index contributed by atoms with van der Waals surface area (Å²) < 4.78 is 0. The number of thioether (sulfide) groups is 1. The Bertz CT molecular complexity index is 1140. The van der Waals surface area contributed by atoms with E-state index in [1.807, 2.05) is 38.1 Å². The first-order chi connectivity index (χ1) is 14.6. The topological polar surface area (TPSA) is 106 Å². The lowest BCUT2D eigenvalue weighted by Crippen LogP contribution is -2.14. The number of aryl methyl sites for hydroxylation is 2. The maximum absolute atomic E-state index is 12.1. The maximum atomic E-state index is 12.1. The molecule has 11 heteroatoms. The molecule has 0 unspecified atom stereocenters. The molecule has 0 aliphatic carbocycles. The lowest BCUT2D eigenvalue weighted by atomic mass is 10.3. The zero-order valence-electron chi connectivity index (χ0n) is 16.2. The number of hydrogen-bond acceptors (Lipinski definition) is 10. The quantitative estimate of drug-likeness (QED) is 0.415. The molecule has 152 valence electrons. The number of carbonyl (C=O) groups excluding carboxylic acids is 1. The molecule has 4 aromatic heterocycles. The summed E-state index contributed by atoms with van der Waals surface area (Å²) in [7, 11) is 0. The van der Waals surface area contributed by atoms with E-state index in [0.29, 0.717) is 10.2 Å². The van der Waals surface area contributed by atoms with Crippen molar-refractivity contribution in [3.8, 4) is 21.1 Å². The van der Waals surface area contributed by atoms with Crippen LogP contribution in [0.15, 0.2) is 41.7 Å². The monoisotopic (exact) mass is 455 g/mol. The zero-order valence-corrected chi connectivity index (χ0v) is 18.6. The summed E-state index contributed by atoms with van der Waals surface area (Å²) in [4.78, 5) is 21.8. The van der Waals surface area contributed by atoms with E-state index >= 15 is 0 Å². The molecular formula is C19H17N7OS3. The van der Waals surface area contributed by atoms with Crippen molar-refractivity contribution in [3.63, 3.8) is 0 Å². The van der Waals surface area contributed by atoms with Gasteiger partial charge < -0.3 is 0 Å². The molecule has 8 nitrogen and oxygen atoms in total. The zero-order chi connectivity index (χ0) is 20.9.